The van der Waals surface area contributed by atoms with Gasteiger partial charge >= 0.3 is 23.9 Å². The van der Waals surface area contributed by atoms with Crippen LogP contribution in [0.15, 0.2) is 12.2 Å². The SMILES string of the molecule is CN(CC(=O)OC(=O)/C=C/C(=O)OC(=O)CN(C)C(=N)N)C(=N)N. The number of hydrogen-bond donors (Lipinski definition) is 4. The van der Waals surface area contributed by atoms with Crippen LogP contribution in [0.2, 0.25) is 0 Å². The molecule has 0 saturated heterocycles. The fourth-order valence-electron chi connectivity index (χ4n) is 1.05. The number of hydrogen-bond acceptors (Lipinski definition) is 8. The highest BCUT2D eigenvalue weighted by molar-refractivity contribution is 6.00. The Bertz CT molecular complexity index is 537. The molecule has 0 spiro atoms. The van der Waals surface area contributed by atoms with Gasteiger partial charge in [0.05, 0.1) is 0 Å². The Morgan fingerprint density at radius 2 is 1.12 bits per heavy atom. The fraction of sp³-hybridized carbons (Fsp3) is 0.333. The third-order valence-corrected chi connectivity index (χ3v) is 2.34. The van der Waals surface area contributed by atoms with Crippen LogP contribution in [0, 0.1) is 10.8 Å². The molecule has 0 aromatic carbocycles. The molecule has 0 heterocycles. The topological polar surface area (TPSA) is 193 Å². The molecular weight excluding hydrogens is 324 g/mol. The Kier molecular flexibility index (Phi) is 8.18. The van der Waals surface area contributed by atoms with Gasteiger partial charge in [0, 0.05) is 26.2 Å². The average Bonchev–Trinajstić information content (AvgIpc) is 2.44. The van der Waals surface area contributed by atoms with Gasteiger partial charge in [0.2, 0.25) is 0 Å². The minimum Gasteiger partial charge on any atom is -0.389 e. The molecule has 0 rings (SSSR count). The van der Waals surface area contributed by atoms with Gasteiger partial charge in [-0.3, -0.25) is 10.8 Å². The van der Waals surface area contributed by atoms with E-state index in [4.69, 9.17) is 22.3 Å². The number of ether oxygens (including phenoxy) is 2. The molecule has 0 saturated carbocycles. The molecule has 6 N–H and O–H groups in total. The first-order valence-corrected chi connectivity index (χ1v) is 6.30. The fourth-order valence-corrected chi connectivity index (χ4v) is 1.05. The van der Waals surface area contributed by atoms with E-state index in [9.17, 15) is 19.2 Å². The molecule has 0 aliphatic heterocycles. The molecule has 0 atom stereocenters. The van der Waals surface area contributed by atoms with E-state index in [-0.39, 0.29) is 0 Å². The molecule has 132 valence electrons. The minimum absolute atomic E-state index is 0.396. The third kappa shape index (κ3) is 8.76. The third-order valence-electron chi connectivity index (χ3n) is 2.34. The largest absolute Gasteiger partial charge is 0.389 e. The summed E-state index contributed by atoms with van der Waals surface area (Å²) in [5.41, 5.74) is 10.2. The molecule has 24 heavy (non-hydrogen) atoms. The first-order valence-electron chi connectivity index (χ1n) is 6.30. The van der Waals surface area contributed by atoms with Gasteiger partial charge < -0.3 is 30.7 Å². The van der Waals surface area contributed by atoms with E-state index in [1.165, 1.54) is 14.1 Å². The number of carbonyl (C=O) groups excluding carboxylic acids is 4. The average molecular weight is 342 g/mol. The Morgan fingerprint density at radius 3 is 1.38 bits per heavy atom. The summed E-state index contributed by atoms with van der Waals surface area (Å²) in [7, 11) is 2.68. The maximum absolute atomic E-state index is 11.3. The van der Waals surface area contributed by atoms with Gasteiger partial charge in [-0.1, -0.05) is 0 Å². The van der Waals surface area contributed by atoms with Crippen molar-refractivity contribution in [3.63, 3.8) is 0 Å². The molecule has 0 aromatic rings. The predicted octanol–water partition coefficient (Wildman–Crippen LogP) is -2.67. The lowest BCUT2D eigenvalue weighted by atomic mass is 10.5. The minimum atomic E-state index is -1.16. The Labute approximate surface area is 137 Å². The van der Waals surface area contributed by atoms with Crippen LogP contribution in [0.4, 0.5) is 0 Å². The summed E-state index contributed by atoms with van der Waals surface area (Å²) in [6.45, 7) is -0.871. The molecule has 0 radical (unpaired) electrons. The number of esters is 4. The number of guanidine groups is 2. The van der Waals surface area contributed by atoms with Gasteiger partial charge in [0.15, 0.2) is 11.9 Å². The summed E-state index contributed by atoms with van der Waals surface area (Å²) in [4.78, 5) is 47.2. The second-order valence-corrected chi connectivity index (χ2v) is 4.40. The first-order chi connectivity index (χ1) is 11.0. The summed E-state index contributed by atoms with van der Waals surface area (Å²) >= 11 is 0. The molecule has 0 bridgehead atoms. The summed E-state index contributed by atoms with van der Waals surface area (Å²) < 4.78 is 8.64. The van der Waals surface area contributed by atoms with Crippen molar-refractivity contribution in [1.29, 1.82) is 10.8 Å². The lowest BCUT2D eigenvalue weighted by molar-refractivity contribution is -0.159. The van der Waals surface area contributed by atoms with E-state index in [0.717, 1.165) is 9.80 Å². The zero-order valence-corrected chi connectivity index (χ0v) is 13.1. The lowest BCUT2D eigenvalue weighted by Gasteiger charge is -2.14. The van der Waals surface area contributed by atoms with Crippen molar-refractivity contribution in [3.05, 3.63) is 12.2 Å². The van der Waals surface area contributed by atoms with Crippen molar-refractivity contribution in [2.75, 3.05) is 27.2 Å². The molecule has 0 amide bonds. The second-order valence-electron chi connectivity index (χ2n) is 4.40. The van der Waals surface area contributed by atoms with Gasteiger partial charge in [0.1, 0.15) is 13.1 Å². The summed E-state index contributed by atoms with van der Waals surface area (Å²) in [6.07, 6.45) is 1.19. The quantitative estimate of drug-likeness (QED) is 0.130. The molecule has 0 aliphatic carbocycles. The maximum atomic E-state index is 11.3. The van der Waals surface area contributed by atoms with Crippen LogP contribution in [0.5, 0.6) is 0 Å². The van der Waals surface area contributed by atoms with Gasteiger partial charge in [-0.25, -0.2) is 19.2 Å². The highest BCUT2D eigenvalue weighted by Crippen LogP contribution is 1.91. The standard InChI is InChI=1S/C12H18N6O6/c1-17(11(13)14)5-9(21)23-7(19)3-4-8(20)24-10(22)6-18(2)12(15)16/h3-4H,5-6H2,1-2H3,(H3,13,14)(H3,15,16)/b4-3+. The van der Waals surface area contributed by atoms with Crippen LogP contribution < -0.4 is 11.5 Å². The van der Waals surface area contributed by atoms with Crippen LogP contribution >= 0.6 is 0 Å². The van der Waals surface area contributed by atoms with Gasteiger partial charge in [-0.2, -0.15) is 0 Å². The van der Waals surface area contributed by atoms with E-state index in [2.05, 4.69) is 9.47 Å². The zero-order chi connectivity index (χ0) is 18.9. The van der Waals surface area contributed by atoms with E-state index < -0.39 is 48.9 Å². The first kappa shape index (κ1) is 20.6. The van der Waals surface area contributed by atoms with Crippen molar-refractivity contribution in [1.82, 2.24) is 9.80 Å². The molecule has 0 fully saturated rings. The Hall–Kier alpha value is -3.44. The Morgan fingerprint density at radius 1 is 0.833 bits per heavy atom. The monoisotopic (exact) mass is 342 g/mol. The van der Waals surface area contributed by atoms with Crippen LogP contribution in [0.3, 0.4) is 0 Å². The molecule has 12 heteroatoms. The van der Waals surface area contributed by atoms with Crippen LogP contribution in [-0.4, -0.2) is 72.8 Å². The van der Waals surface area contributed by atoms with Crippen molar-refractivity contribution >= 4 is 35.8 Å². The normalized spacial score (nSPS) is 9.92. The van der Waals surface area contributed by atoms with Crippen molar-refractivity contribution < 1.29 is 28.7 Å². The second kappa shape index (κ2) is 9.55. The zero-order valence-electron chi connectivity index (χ0n) is 13.1. The molecule has 0 unspecified atom stereocenters. The number of nitrogens with one attached hydrogen (secondary N) is 2. The summed E-state index contributed by atoms with van der Waals surface area (Å²) in [5, 5.41) is 14.1. The smallest absolute Gasteiger partial charge is 0.338 e. The molecule has 0 aliphatic rings. The van der Waals surface area contributed by atoms with E-state index >= 15 is 0 Å². The molecule has 0 aromatic heterocycles. The number of rotatable bonds is 6. The number of carbonyl (C=O) groups is 4. The van der Waals surface area contributed by atoms with Crippen LogP contribution in [0.25, 0.3) is 0 Å². The number of nitrogens with two attached hydrogens (primary N) is 2. The van der Waals surface area contributed by atoms with Gasteiger partial charge in [-0.15, -0.1) is 0 Å². The highest BCUT2D eigenvalue weighted by atomic mass is 16.6. The molecule has 12 nitrogen and oxygen atoms in total. The van der Waals surface area contributed by atoms with E-state index in [1.807, 2.05) is 0 Å². The Balaban J connectivity index is 4.32. The lowest BCUT2D eigenvalue weighted by Crippen LogP contribution is -2.38. The summed E-state index contributed by atoms with van der Waals surface area (Å²) in [5.74, 6) is -5.10. The van der Waals surface area contributed by atoms with E-state index in [0.29, 0.717) is 12.2 Å². The van der Waals surface area contributed by atoms with Crippen molar-refractivity contribution in [3.8, 4) is 0 Å². The highest BCUT2D eigenvalue weighted by Gasteiger charge is 2.14. The summed E-state index contributed by atoms with van der Waals surface area (Å²) in [6, 6.07) is 0. The van der Waals surface area contributed by atoms with Crippen LogP contribution in [-0.2, 0) is 28.7 Å². The van der Waals surface area contributed by atoms with Gasteiger partial charge in [0.25, 0.3) is 0 Å². The van der Waals surface area contributed by atoms with Gasteiger partial charge in [-0.05, 0) is 0 Å². The van der Waals surface area contributed by atoms with Crippen molar-refractivity contribution in [2.45, 2.75) is 0 Å². The number of likely N-dealkylation sites (N-methyl/N-ethyl adjacent to an activating group) is 2. The van der Waals surface area contributed by atoms with Crippen molar-refractivity contribution in [2.24, 2.45) is 11.5 Å². The predicted molar refractivity (Wildman–Crippen MR) is 80.4 cm³/mol. The maximum Gasteiger partial charge on any atom is 0.338 e. The number of nitrogens with zero attached hydrogens (tertiary/aromatic N) is 2. The van der Waals surface area contributed by atoms with E-state index in [1.54, 1.807) is 0 Å². The molecular formula is C12H18N6O6. The van der Waals surface area contributed by atoms with Crippen LogP contribution in [0.1, 0.15) is 0 Å².